The summed E-state index contributed by atoms with van der Waals surface area (Å²) in [5.41, 5.74) is 1.18. The first-order valence-corrected chi connectivity index (χ1v) is 6.31. The van der Waals surface area contributed by atoms with Gasteiger partial charge >= 0.3 is 0 Å². The molecule has 1 aliphatic rings. The van der Waals surface area contributed by atoms with Crippen LogP contribution in [-0.4, -0.2) is 47.3 Å². The van der Waals surface area contributed by atoms with Crippen molar-refractivity contribution in [2.75, 3.05) is 31.1 Å². The number of benzene rings is 1. The van der Waals surface area contributed by atoms with Crippen LogP contribution < -0.4 is 4.90 Å². The van der Waals surface area contributed by atoms with Crippen LogP contribution in [0.25, 0.3) is 0 Å². The van der Waals surface area contributed by atoms with Crippen LogP contribution in [0.15, 0.2) is 35.1 Å². The van der Waals surface area contributed by atoms with Crippen LogP contribution in [0.3, 0.4) is 0 Å². The number of anilines is 1. The van der Waals surface area contributed by atoms with E-state index in [9.17, 15) is 9.18 Å². The van der Waals surface area contributed by atoms with Crippen LogP contribution >= 0.6 is 0 Å². The maximum Gasteiger partial charge on any atom is 0.277 e. The van der Waals surface area contributed by atoms with Crippen LogP contribution in [-0.2, 0) is 0 Å². The fraction of sp³-hybridized carbons (Fsp3) is 0.308. The molecule has 104 valence electrons. The lowest BCUT2D eigenvalue weighted by molar-refractivity contribution is 0.0735. The molecule has 0 N–H and O–H groups in total. The van der Waals surface area contributed by atoms with Gasteiger partial charge in [-0.15, -0.1) is 0 Å². The van der Waals surface area contributed by atoms with E-state index in [0.29, 0.717) is 26.2 Å². The normalized spacial score (nSPS) is 15.4. The van der Waals surface area contributed by atoms with Gasteiger partial charge in [-0.05, 0) is 29.4 Å². The molecule has 1 aromatic carbocycles. The van der Waals surface area contributed by atoms with Crippen LogP contribution in [0, 0.1) is 5.82 Å². The average molecular weight is 276 g/mol. The van der Waals surface area contributed by atoms with Crippen molar-refractivity contribution in [3.8, 4) is 0 Å². The van der Waals surface area contributed by atoms with Gasteiger partial charge in [0.05, 0.1) is 0 Å². The lowest BCUT2D eigenvalue weighted by Gasteiger charge is -2.35. The number of carbonyl (C=O) groups is 1. The van der Waals surface area contributed by atoms with Gasteiger partial charge in [-0.2, -0.15) is 0 Å². The van der Waals surface area contributed by atoms with Gasteiger partial charge in [0.15, 0.2) is 5.69 Å². The number of halogens is 1. The van der Waals surface area contributed by atoms with Crippen molar-refractivity contribution < 1.29 is 13.8 Å². The van der Waals surface area contributed by atoms with Crippen molar-refractivity contribution in [3.63, 3.8) is 0 Å². The van der Waals surface area contributed by atoms with E-state index in [-0.39, 0.29) is 17.4 Å². The Labute approximate surface area is 114 Å². The van der Waals surface area contributed by atoms with Crippen molar-refractivity contribution in [3.05, 3.63) is 42.0 Å². The molecular formula is C13H13FN4O2. The van der Waals surface area contributed by atoms with Crippen molar-refractivity contribution >= 4 is 11.6 Å². The fourth-order valence-electron chi connectivity index (χ4n) is 2.24. The number of carbonyl (C=O) groups excluding carboxylic acids is 1. The number of hydrogen-bond acceptors (Lipinski definition) is 5. The molecular weight excluding hydrogens is 263 g/mol. The molecule has 0 unspecified atom stereocenters. The second-order valence-electron chi connectivity index (χ2n) is 4.55. The molecule has 0 aliphatic carbocycles. The highest BCUT2D eigenvalue weighted by molar-refractivity contribution is 5.91. The van der Waals surface area contributed by atoms with Crippen molar-refractivity contribution in [1.82, 2.24) is 15.2 Å². The highest BCUT2D eigenvalue weighted by Crippen LogP contribution is 2.17. The molecule has 20 heavy (non-hydrogen) atoms. The van der Waals surface area contributed by atoms with Crippen molar-refractivity contribution in [1.29, 1.82) is 0 Å². The van der Waals surface area contributed by atoms with Gasteiger partial charge in [-0.1, -0.05) is 5.16 Å². The Hall–Kier alpha value is -2.44. The Bertz CT molecular complexity index is 577. The first-order chi connectivity index (χ1) is 9.74. The van der Waals surface area contributed by atoms with Gasteiger partial charge < -0.3 is 9.80 Å². The highest BCUT2D eigenvalue weighted by atomic mass is 19.1. The Morgan fingerprint density at radius 3 is 2.45 bits per heavy atom. The lowest BCUT2D eigenvalue weighted by atomic mass is 10.2. The summed E-state index contributed by atoms with van der Waals surface area (Å²) in [6, 6.07) is 6.37. The molecule has 2 aromatic rings. The monoisotopic (exact) mass is 276 g/mol. The highest BCUT2D eigenvalue weighted by Gasteiger charge is 2.24. The summed E-state index contributed by atoms with van der Waals surface area (Å²) in [5, 5.41) is 6.97. The minimum absolute atomic E-state index is 0.176. The number of amides is 1. The van der Waals surface area contributed by atoms with Gasteiger partial charge in [0.25, 0.3) is 5.91 Å². The second-order valence-corrected chi connectivity index (χ2v) is 4.55. The maximum atomic E-state index is 12.9. The number of rotatable bonds is 2. The minimum Gasteiger partial charge on any atom is -0.368 e. The van der Waals surface area contributed by atoms with Crippen LogP contribution in [0.5, 0.6) is 0 Å². The summed E-state index contributed by atoms with van der Waals surface area (Å²) in [6.07, 6.45) is 1.31. The van der Waals surface area contributed by atoms with E-state index >= 15 is 0 Å². The van der Waals surface area contributed by atoms with Crippen LogP contribution in [0.4, 0.5) is 10.1 Å². The van der Waals surface area contributed by atoms with Crippen LogP contribution in [0.1, 0.15) is 10.5 Å². The lowest BCUT2D eigenvalue weighted by Crippen LogP contribution is -2.48. The van der Waals surface area contributed by atoms with Gasteiger partial charge in [-0.3, -0.25) is 4.79 Å². The zero-order valence-corrected chi connectivity index (χ0v) is 10.7. The quantitative estimate of drug-likeness (QED) is 0.824. The molecule has 0 spiro atoms. The topological polar surface area (TPSA) is 62.5 Å². The molecule has 1 saturated heterocycles. The molecule has 7 heteroatoms. The molecule has 3 rings (SSSR count). The third-order valence-corrected chi connectivity index (χ3v) is 3.34. The van der Waals surface area contributed by atoms with Crippen molar-refractivity contribution in [2.24, 2.45) is 0 Å². The van der Waals surface area contributed by atoms with E-state index in [0.717, 1.165) is 5.69 Å². The molecule has 1 aromatic heterocycles. The molecule has 0 atom stereocenters. The number of piperazine rings is 1. The molecule has 1 fully saturated rings. The van der Waals surface area contributed by atoms with Gasteiger partial charge in [0.1, 0.15) is 12.0 Å². The van der Waals surface area contributed by atoms with Gasteiger partial charge in [0.2, 0.25) is 0 Å². The molecule has 0 bridgehead atoms. The predicted molar refractivity (Wildman–Crippen MR) is 68.8 cm³/mol. The standard InChI is InChI=1S/C13H13FN4O2/c14-10-1-3-11(4-2-10)17-5-7-18(8-6-17)13(19)12-9-15-20-16-12/h1-4,9H,5-8H2. The molecule has 6 nitrogen and oxygen atoms in total. The fourth-order valence-corrected chi connectivity index (χ4v) is 2.24. The number of nitrogens with zero attached hydrogens (tertiary/aromatic N) is 4. The second kappa shape index (κ2) is 5.28. The van der Waals surface area contributed by atoms with E-state index in [1.54, 1.807) is 17.0 Å². The summed E-state index contributed by atoms with van der Waals surface area (Å²) >= 11 is 0. The third kappa shape index (κ3) is 2.47. The van der Waals surface area contributed by atoms with E-state index < -0.39 is 0 Å². The van der Waals surface area contributed by atoms with E-state index in [2.05, 4.69) is 19.8 Å². The Morgan fingerprint density at radius 2 is 1.85 bits per heavy atom. The van der Waals surface area contributed by atoms with Crippen molar-refractivity contribution in [2.45, 2.75) is 0 Å². The van der Waals surface area contributed by atoms with E-state index in [1.165, 1.54) is 18.3 Å². The molecule has 1 aliphatic heterocycles. The summed E-state index contributed by atoms with van der Waals surface area (Å²) in [7, 11) is 0. The van der Waals surface area contributed by atoms with E-state index in [4.69, 9.17) is 0 Å². The Kier molecular flexibility index (Phi) is 3.32. The molecule has 0 radical (unpaired) electrons. The maximum absolute atomic E-state index is 12.9. The smallest absolute Gasteiger partial charge is 0.277 e. The SMILES string of the molecule is O=C(c1cnon1)N1CCN(c2ccc(F)cc2)CC1. The minimum atomic E-state index is -0.249. The summed E-state index contributed by atoms with van der Waals surface area (Å²) in [6.45, 7) is 2.57. The van der Waals surface area contributed by atoms with Gasteiger partial charge in [0, 0.05) is 31.9 Å². The zero-order chi connectivity index (χ0) is 13.9. The van der Waals surface area contributed by atoms with E-state index in [1.807, 2.05) is 0 Å². The Morgan fingerprint density at radius 1 is 1.15 bits per heavy atom. The predicted octanol–water partition coefficient (Wildman–Crippen LogP) is 1.17. The number of aromatic nitrogens is 2. The molecule has 1 amide bonds. The largest absolute Gasteiger partial charge is 0.368 e. The first-order valence-electron chi connectivity index (χ1n) is 6.31. The third-order valence-electron chi connectivity index (χ3n) is 3.34. The molecule has 0 saturated carbocycles. The summed E-state index contributed by atoms with van der Waals surface area (Å²) < 4.78 is 17.3. The molecule has 2 heterocycles. The summed E-state index contributed by atoms with van der Waals surface area (Å²) in [4.78, 5) is 15.9. The zero-order valence-electron chi connectivity index (χ0n) is 10.7. The average Bonchev–Trinajstić information content (AvgIpc) is 3.02. The van der Waals surface area contributed by atoms with Gasteiger partial charge in [-0.25, -0.2) is 9.02 Å². The Balaban J connectivity index is 1.62. The van der Waals surface area contributed by atoms with Crippen LogP contribution in [0.2, 0.25) is 0 Å². The summed E-state index contributed by atoms with van der Waals surface area (Å²) in [5.74, 6) is -0.425. The first kappa shape index (κ1) is 12.6. The number of hydrogen-bond donors (Lipinski definition) is 0.